The number of hydrogen-bond acceptors (Lipinski definition) is 5. The van der Waals surface area contributed by atoms with Crippen LogP contribution >= 0.6 is 27.3 Å². The zero-order valence-electron chi connectivity index (χ0n) is 14.5. The SMILES string of the molecule is COC(=O)[C@@H](Cc1csc(Br)c1)NC(=O)C1CC12C(=O)Nc1ccccc12. The van der Waals surface area contributed by atoms with Gasteiger partial charge in [0, 0.05) is 12.1 Å². The van der Waals surface area contributed by atoms with Crippen LogP contribution in [0, 0.1) is 5.92 Å². The molecule has 1 aromatic carbocycles. The van der Waals surface area contributed by atoms with Gasteiger partial charge in [-0.3, -0.25) is 9.59 Å². The zero-order chi connectivity index (χ0) is 19.2. The first kappa shape index (κ1) is 18.2. The van der Waals surface area contributed by atoms with Gasteiger partial charge in [-0.2, -0.15) is 0 Å². The number of benzene rings is 1. The summed E-state index contributed by atoms with van der Waals surface area (Å²) in [5, 5.41) is 7.56. The first-order valence-electron chi connectivity index (χ1n) is 8.48. The Morgan fingerprint density at radius 2 is 2.22 bits per heavy atom. The van der Waals surface area contributed by atoms with Gasteiger partial charge in [0.15, 0.2) is 0 Å². The van der Waals surface area contributed by atoms with E-state index in [1.54, 1.807) is 0 Å². The quantitative estimate of drug-likeness (QED) is 0.688. The monoisotopic (exact) mass is 448 g/mol. The zero-order valence-corrected chi connectivity index (χ0v) is 16.9. The molecule has 3 atom stereocenters. The number of carbonyl (C=O) groups is 3. The first-order chi connectivity index (χ1) is 13.0. The number of amides is 2. The fourth-order valence-corrected chi connectivity index (χ4v) is 4.98. The molecule has 8 heteroatoms. The summed E-state index contributed by atoms with van der Waals surface area (Å²) < 4.78 is 5.80. The second-order valence-corrected chi connectivity index (χ2v) is 9.07. The number of nitrogens with one attached hydrogen (secondary N) is 2. The van der Waals surface area contributed by atoms with Crippen molar-refractivity contribution in [2.75, 3.05) is 12.4 Å². The van der Waals surface area contributed by atoms with Crippen LogP contribution < -0.4 is 10.6 Å². The Morgan fingerprint density at radius 1 is 1.44 bits per heavy atom. The van der Waals surface area contributed by atoms with E-state index < -0.39 is 23.3 Å². The topological polar surface area (TPSA) is 84.5 Å². The van der Waals surface area contributed by atoms with Crippen molar-refractivity contribution in [1.29, 1.82) is 0 Å². The molecule has 2 amide bonds. The number of esters is 1. The normalized spacial score (nSPS) is 23.5. The van der Waals surface area contributed by atoms with E-state index in [1.165, 1.54) is 18.4 Å². The average molecular weight is 449 g/mol. The van der Waals surface area contributed by atoms with E-state index in [1.807, 2.05) is 35.7 Å². The molecule has 2 aliphatic rings. The molecule has 1 fully saturated rings. The highest BCUT2D eigenvalue weighted by Gasteiger charge is 2.67. The number of methoxy groups -OCH3 is 1. The standard InChI is InChI=1S/C19H17BrN2O4S/c1-26-17(24)14(6-10-7-15(20)27-9-10)21-16(23)12-8-19(12)11-4-2-3-5-13(11)22-18(19)25/h2-5,7,9,12,14H,6,8H2,1H3,(H,21,23)(H,22,25)/t12?,14-,19?/m1/s1. The number of para-hydroxylation sites is 1. The van der Waals surface area contributed by atoms with Gasteiger partial charge in [-0.1, -0.05) is 18.2 Å². The van der Waals surface area contributed by atoms with Crippen LogP contribution in [0.25, 0.3) is 0 Å². The lowest BCUT2D eigenvalue weighted by Crippen LogP contribution is -2.45. The maximum atomic E-state index is 12.8. The van der Waals surface area contributed by atoms with Gasteiger partial charge in [-0.05, 0) is 51.0 Å². The number of thiophene rings is 1. The van der Waals surface area contributed by atoms with Crippen LogP contribution in [0.2, 0.25) is 0 Å². The second kappa shape index (κ2) is 6.76. The predicted octanol–water partition coefficient (Wildman–Crippen LogP) is 2.62. The predicted molar refractivity (Wildman–Crippen MR) is 105 cm³/mol. The third-order valence-electron chi connectivity index (χ3n) is 5.20. The maximum Gasteiger partial charge on any atom is 0.328 e. The van der Waals surface area contributed by atoms with Gasteiger partial charge < -0.3 is 15.4 Å². The van der Waals surface area contributed by atoms with E-state index in [4.69, 9.17) is 4.74 Å². The van der Waals surface area contributed by atoms with Gasteiger partial charge in [0.2, 0.25) is 11.8 Å². The molecule has 0 saturated heterocycles. The Balaban J connectivity index is 1.51. The van der Waals surface area contributed by atoms with Gasteiger partial charge >= 0.3 is 5.97 Å². The van der Waals surface area contributed by atoms with Crippen LogP contribution in [0.15, 0.2) is 39.5 Å². The van der Waals surface area contributed by atoms with Crippen molar-refractivity contribution in [2.24, 2.45) is 5.92 Å². The van der Waals surface area contributed by atoms with E-state index >= 15 is 0 Å². The summed E-state index contributed by atoms with van der Waals surface area (Å²) in [6.07, 6.45) is 0.780. The number of rotatable bonds is 5. The van der Waals surface area contributed by atoms with E-state index in [-0.39, 0.29) is 11.8 Å². The third kappa shape index (κ3) is 3.06. The van der Waals surface area contributed by atoms with Crippen molar-refractivity contribution >= 4 is 50.7 Å². The van der Waals surface area contributed by atoms with E-state index in [2.05, 4.69) is 26.6 Å². The molecule has 0 radical (unpaired) electrons. The molecular weight excluding hydrogens is 432 g/mol. The largest absolute Gasteiger partial charge is 0.467 e. The lowest BCUT2D eigenvalue weighted by atomic mass is 9.94. The van der Waals surface area contributed by atoms with Crippen molar-refractivity contribution < 1.29 is 19.1 Å². The summed E-state index contributed by atoms with van der Waals surface area (Å²) >= 11 is 4.90. The van der Waals surface area contributed by atoms with Gasteiger partial charge in [-0.25, -0.2) is 4.79 Å². The average Bonchev–Trinajstić information content (AvgIpc) is 3.20. The summed E-state index contributed by atoms with van der Waals surface area (Å²) in [7, 11) is 1.30. The molecule has 2 aromatic rings. The Bertz CT molecular complexity index is 943. The lowest BCUT2D eigenvalue weighted by Gasteiger charge is -2.17. The summed E-state index contributed by atoms with van der Waals surface area (Å²) in [5.74, 6) is -1.44. The summed E-state index contributed by atoms with van der Waals surface area (Å²) in [6.45, 7) is 0. The van der Waals surface area contributed by atoms with Crippen LogP contribution in [0.1, 0.15) is 17.5 Å². The smallest absolute Gasteiger partial charge is 0.328 e. The minimum atomic E-state index is -0.813. The highest BCUT2D eigenvalue weighted by Crippen LogP contribution is 2.59. The molecule has 1 aliphatic carbocycles. The lowest BCUT2D eigenvalue weighted by molar-refractivity contribution is -0.145. The van der Waals surface area contributed by atoms with Gasteiger partial charge in [0.25, 0.3) is 0 Å². The minimum absolute atomic E-state index is 0.153. The number of halogens is 1. The number of ether oxygens (including phenoxy) is 1. The van der Waals surface area contributed by atoms with Crippen molar-refractivity contribution in [3.63, 3.8) is 0 Å². The summed E-state index contributed by atoms with van der Waals surface area (Å²) in [5.41, 5.74) is 1.72. The second-order valence-electron chi connectivity index (χ2n) is 6.78. The molecule has 1 aliphatic heterocycles. The fraction of sp³-hybridized carbons (Fsp3) is 0.316. The van der Waals surface area contributed by atoms with Gasteiger partial charge in [0.1, 0.15) is 6.04 Å². The van der Waals surface area contributed by atoms with E-state index in [0.29, 0.717) is 12.8 Å². The van der Waals surface area contributed by atoms with Crippen LogP contribution in [0.3, 0.4) is 0 Å². The van der Waals surface area contributed by atoms with Crippen LogP contribution in [-0.4, -0.2) is 30.9 Å². The van der Waals surface area contributed by atoms with Crippen LogP contribution in [-0.2, 0) is 31.0 Å². The molecule has 2 unspecified atom stereocenters. The molecule has 2 heterocycles. The Morgan fingerprint density at radius 3 is 2.93 bits per heavy atom. The maximum absolute atomic E-state index is 12.8. The summed E-state index contributed by atoms with van der Waals surface area (Å²) in [6, 6.07) is 8.54. The van der Waals surface area contributed by atoms with E-state index in [9.17, 15) is 14.4 Å². The molecule has 140 valence electrons. The molecule has 27 heavy (non-hydrogen) atoms. The number of carbonyl (C=O) groups excluding carboxylic acids is 3. The Hall–Kier alpha value is -2.19. The fourth-order valence-electron chi connectivity index (χ4n) is 3.76. The van der Waals surface area contributed by atoms with Gasteiger partial charge in [-0.15, -0.1) is 11.3 Å². The number of anilines is 1. The molecule has 1 saturated carbocycles. The first-order valence-corrected chi connectivity index (χ1v) is 10.1. The third-order valence-corrected chi connectivity index (χ3v) is 6.76. The molecule has 0 bridgehead atoms. The highest BCUT2D eigenvalue weighted by atomic mass is 79.9. The summed E-state index contributed by atoms with van der Waals surface area (Å²) in [4.78, 5) is 37.5. The van der Waals surface area contributed by atoms with Crippen LogP contribution in [0.4, 0.5) is 5.69 Å². The number of fused-ring (bicyclic) bond motifs is 2. The molecule has 1 aromatic heterocycles. The minimum Gasteiger partial charge on any atom is -0.467 e. The molecule has 4 rings (SSSR count). The highest BCUT2D eigenvalue weighted by molar-refractivity contribution is 9.11. The molecule has 6 nitrogen and oxygen atoms in total. The Kier molecular flexibility index (Phi) is 4.55. The molecular formula is C19H17BrN2O4S. The van der Waals surface area contributed by atoms with Crippen molar-refractivity contribution in [3.8, 4) is 0 Å². The van der Waals surface area contributed by atoms with Gasteiger partial charge in [0.05, 0.1) is 22.2 Å². The molecule has 1 spiro atoms. The van der Waals surface area contributed by atoms with Crippen molar-refractivity contribution in [1.82, 2.24) is 5.32 Å². The molecule has 2 N–H and O–H groups in total. The number of hydrogen-bond donors (Lipinski definition) is 2. The van der Waals surface area contributed by atoms with Crippen molar-refractivity contribution in [3.05, 3.63) is 50.6 Å². The van der Waals surface area contributed by atoms with Crippen molar-refractivity contribution in [2.45, 2.75) is 24.3 Å². The van der Waals surface area contributed by atoms with E-state index in [0.717, 1.165) is 20.6 Å². The van der Waals surface area contributed by atoms with Crippen LogP contribution in [0.5, 0.6) is 0 Å². The Labute approximate surface area is 168 Å².